The van der Waals surface area contributed by atoms with Gasteiger partial charge in [0.05, 0.1) is 11.3 Å². The fourth-order valence-corrected chi connectivity index (χ4v) is 1.57. The van der Waals surface area contributed by atoms with E-state index in [2.05, 4.69) is 0 Å². The van der Waals surface area contributed by atoms with Gasteiger partial charge in [-0.3, -0.25) is 4.79 Å². The van der Waals surface area contributed by atoms with Crippen LogP contribution < -0.4 is 0 Å². The first-order valence-electron chi connectivity index (χ1n) is 5.27. The van der Waals surface area contributed by atoms with Crippen molar-refractivity contribution < 1.29 is 23.1 Å². The van der Waals surface area contributed by atoms with Gasteiger partial charge in [-0.1, -0.05) is 18.2 Å². The summed E-state index contributed by atoms with van der Waals surface area (Å²) in [6.07, 6.45) is -4.42. The molecule has 0 saturated carbocycles. The molecule has 0 aliphatic carbocycles. The van der Waals surface area contributed by atoms with E-state index in [4.69, 9.17) is 0 Å². The average Bonchev–Trinajstić information content (AvgIpc) is 2.24. The number of rotatable bonds is 3. The molecule has 1 aromatic rings. The highest BCUT2D eigenvalue weighted by atomic mass is 19.4. The Balaban J connectivity index is 3.06. The maximum atomic E-state index is 12.5. The van der Waals surface area contributed by atoms with Gasteiger partial charge in [0.1, 0.15) is 0 Å². The predicted octanol–water partition coefficient (Wildman–Crippen LogP) is 3.67. The molecular weight excluding hydrogens is 245 g/mol. The molecule has 18 heavy (non-hydrogen) atoms. The third-order valence-corrected chi connectivity index (χ3v) is 2.50. The van der Waals surface area contributed by atoms with Gasteiger partial charge in [0.25, 0.3) is 0 Å². The van der Waals surface area contributed by atoms with Crippen molar-refractivity contribution >= 4 is 5.78 Å². The smallest absolute Gasteiger partial charge is 0.416 e. The Kier molecular flexibility index (Phi) is 4.16. The lowest BCUT2D eigenvalue weighted by Gasteiger charge is -2.10. The Morgan fingerprint density at radius 3 is 2.33 bits per heavy atom. The first kappa shape index (κ1) is 14.3. The van der Waals surface area contributed by atoms with E-state index in [0.717, 1.165) is 12.1 Å². The van der Waals surface area contributed by atoms with Crippen LogP contribution in [0.3, 0.4) is 0 Å². The lowest BCUT2D eigenvalue weighted by atomic mass is 9.99. The van der Waals surface area contributed by atoms with Crippen LogP contribution in [0.4, 0.5) is 13.2 Å². The zero-order valence-electron chi connectivity index (χ0n) is 10.0. The van der Waals surface area contributed by atoms with E-state index in [9.17, 15) is 23.1 Å². The summed E-state index contributed by atoms with van der Waals surface area (Å²) in [5.41, 5.74) is -0.309. The molecule has 0 saturated heterocycles. The quantitative estimate of drug-likeness (QED) is 0.663. The van der Waals surface area contributed by atoms with Gasteiger partial charge in [-0.2, -0.15) is 13.2 Å². The number of ketones is 1. The molecule has 0 amide bonds. The van der Waals surface area contributed by atoms with Gasteiger partial charge >= 0.3 is 6.18 Å². The highest BCUT2D eigenvalue weighted by Crippen LogP contribution is 2.30. The molecule has 5 heteroatoms. The third-order valence-electron chi connectivity index (χ3n) is 2.50. The van der Waals surface area contributed by atoms with Crippen molar-refractivity contribution in [2.24, 2.45) is 0 Å². The number of Topliss-reactive ketones (excluding diaryl/α,β-unsaturated/α-hetero) is 1. The second kappa shape index (κ2) is 5.25. The van der Waals surface area contributed by atoms with Gasteiger partial charge in [0.2, 0.25) is 0 Å². The van der Waals surface area contributed by atoms with Crippen molar-refractivity contribution in [3.05, 3.63) is 46.7 Å². The van der Waals surface area contributed by atoms with Crippen LogP contribution in [0.2, 0.25) is 0 Å². The van der Waals surface area contributed by atoms with Crippen LogP contribution in [0.25, 0.3) is 0 Å². The number of hydrogen-bond acceptors (Lipinski definition) is 2. The number of halogens is 3. The zero-order valence-corrected chi connectivity index (χ0v) is 10.0. The molecule has 1 N–H and O–H groups in total. The molecule has 0 aliphatic rings. The second-order valence-electron chi connectivity index (χ2n) is 4.00. The van der Waals surface area contributed by atoms with Gasteiger partial charge in [-0.15, -0.1) is 0 Å². The average molecular weight is 258 g/mol. The molecule has 1 rings (SSSR count). The van der Waals surface area contributed by atoms with Crippen LogP contribution >= 0.6 is 0 Å². The van der Waals surface area contributed by atoms with Gasteiger partial charge < -0.3 is 5.11 Å². The van der Waals surface area contributed by atoms with Crippen molar-refractivity contribution in [2.75, 3.05) is 0 Å². The number of allylic oxidation sites excluding steroid dienone is 2. The van der Waals surface area contributed by atoms with E-state index in [1.807, 2.05) is 0 Å². The van der Waals surface area contributed by atoms with Crippen molar-refractivity contribution in [1.29, 1.82) is 0 Å². The van der Waals surface area contributed by atoms with Gasteiger partial charge in [0, 0.05) is 12.0 Å². The number of aliphatic hydroxyl groups is 1. The summed E-state index contributed by atoms with van der Waals surface area (Å²) in [5, 5.41) is 9.31. The Morgan fingerprint density at radius 2 is 1.89 bits per heavy atom. The molecule has 0 fully saturated rings. The number of alkyl halides is 3. The molecule has 0 heterocycles. The predicted molar refractivity (Wildman–Crippen MR) is 61.2 cm³/mol. The summed E-state index contributed by atoms with van der Waals surface area (Å²) >= 11 is 0. The summed E-state index contributed by atoms with van der Waals surface area (Å²) in [5.74, 6) is -0.521. The number of benzene rings is 1. The molecule has 0 radical (unpaired) electrons. The lowest BCUT2D eigenvalue weighted by molar-refractivity contribution is -0.137. The molecule has 0 aromatic heterocycles. The summed E-state index contributed by atoms with van der Waals surface area (Å²) < 4.78 is 37.5. The topological polar surface area (TPSA) is 37.3 Å². The zero-order chi connectivity index (χ0) is 13.9. The second-order valence-corrected chi connectivity index (χ2v) is 4.00. The van der Waals surface area contributed by atoms with Crippen LogP contribution in [0.5, 0.6) is 0 Å². The van der Waals surface area contributed by atoms with Crippen molar-refractivity contribution in [2.45, 2.75) is 26.4 Å². The maximum Gasteiger partial charge on any atom is 0.416 e. The van der Waals surface area contributed by atoms with Gasteiger partial charge in [-0.25, -0.2) is 0 Å². The van der Waals surface area contributed by atoms with Gasteiger partial charge in [0.15, 0.2) is 5.78 Å². The molecule has 1 aromatic carbocycles. The first-order chi connectivity index (χ1) is 8.21. The van der Waals surface area contributed by atoms with Crippen LogP contribution in [0, 0.1) is 0 Å². The molecule has 0 atom stereocenters. The standard InChI is InChI=1S/C13H13F3O2/c1-8(17)12(9(2)18)7-10-4-3-5-11(6-10)13(14,15)16/h3-6,17H,7H2,1-2H3/b12-8+. The molecule has 0 spiro atoms. The van der Waals surface area contributed by atoms with E-state index in [-0.39, 0.29) is 23.5 Å². The Morgan fingerprint density at radius 1 is 1.28 bits per heavy atom. The van der Waals surface area contributed by atoms with Crippen LogP contribution in [0.1, 0.15) is 25.0 Å². The van der Waals surface area contributed by atoms with E-state index < -0.39 is 11.7 Å². The van der Waals surface area contributed by atoms with Crippen molar-refractivity contribution in [3.63, 3.8) is 0 Å². The highest BCUT2D eigenvalue weighted by Gasteiger charge is 2.30. The molecule has 0 bridgehead atoms. The van der Waals surface area contributed by atoms with Crippen molar-refractivity contribution in [3.8, 4) is 0 Å². The normalized spacial score (nSPS) is 13.2. The molecular formula is C13H13F3O2. The summed E-state index contributed by atoms with van der Waals surface area (Å²) in [7, 11) is 0. The van der Waals surface area contributed by atoms with E-state index in [0.29, 0.717) is 5.56 Å². The fourth-order valence-electron chi connectivity index (χ4n) is 1.57. The molecule has 0 unspecified atom stereocenters. The van der Waals surface area contributed by atoms with E-state index in [1.54, 1.807) is 0 Å². The first-order valence-corrected chi connectivity index (χ1v) is 5.27. The molecule has 2 nitrogen and oxygen atoms in total. The Hall–Kier alpha value is -1.78. The van der Waals surface area contributed by atoms with Crippen molar-refractivity contribution in [1.82, 2.24) is 0 Å². The minimum absolute atomic E-state index is 0.0123. The highest BCUT2D eigenvalue weighted by molar-refractivity contribution is 5.94. The summed E-state index contributed by atoms with van der Waals surface area (Å²) in [4.78, 5) is 11.2. The molecule has 0 aliphatic heterocycles. The molecule has 98 valence electrons. The summed E-state index contributed by atoms with van der Waals surface area (Å²) in [6, 6.07) is 4.71. The fraction of sp³-hybridized carbons (Fsp3) is 0.308. The minimum Gasteiger partial charge on any atom is -0.512 e. The largest absolute Gasteiger partial charge is 0.512 e. The van der Waals surface area contributed by atoms with Crippen LogP contribution in [-0.2, 0) is 17.4 Å². The Labute approximate surface area is 103 Å². The minimum atomic E-state index is -4.41. The van der Waals surface area contributed by atoms with E-state index >= 15 is 0 Å². The van der Waals surface area contributed by atoms with E-state index in [1.165, 1.54) is 26.0 Å². The summed E-state index contributed by atoms with van der Waals surface area (Å²) in [6.45, 7) is 2.60. The maximum absolute atomic E-state index is 12.5. The third kappa shape index (κ3) is 3.61. The monoisotopic (exact) mass is 258 g/mol. The Bertz CT molecular complexity index is 483. The number of aliphatic hydroxyl groups excluding tert-OH is 1. The lowest BCUT2D eigenvalue weighted by Crippen LogP contribution is -2.07. The van der Waals surface area contributed by atoms with Crippen LogP contribution in [-0.4, -0.2) is 10.9 Å². The van der Waals surface area contributed by atoms with Crippen LogP contribution in [0.15, 0.2) is 35.6 Å². The number of carbonyl (C=O) groups is 1. The van der Waals surface area contributed by atoms with Gasteiger partial charge in [-0.05, 0) is 25.5 Å². The number of carbonyl (C=O) groups excluding carboxylic acids is 1. The SMILES string of the molecule is CC(=O)/C(Cc1cccc(C(F)(F)F)c1)=C(\C)O. The number of hydrogen-bond donors (Lipinski definition) is 1.